The third-order valence-electron chi connectivity index (χ3n) is 5.69. The summed E-state index contributed by atoms with van der Waals surface area (Å²) >= 11 is 5.84. The molecular formula is C23H22ClN3O4. The minimum atomic E-state index is -1.23. The SMILES string of the molecule is COc1cc2c(cc1-c1cnc(Cl)nc1)CC(C(C)(C)C)n1cc(C(=O)O)c(=O)cc1-2. The minimum absolute atomic E-state index is 0.0450. The first kappa shape index (κ1) is 21.1. The molecule has 160 valence electrons. The molecule has 0 fully saturated rings. The molecule has 0 radical (unpaired) electrons. The molecule has 0 aliphatic carbocycles. The zero-order valence-corrected chi connectivity index (χ0v) is 18.4. The Kier molecular flexibility index (Phi) is 5.09. The van der Waals surface area contributed by atoms with Gasteiger partial charge in [0, 0.05) is 47.4 Å². The van der Waals surface area contributed by atoms with Crippen LogP contribution in [0.25, 0.3) is 22.4 Å². The number of rotatable bonds is 3. The highest BCUT2D eigenvalue weighted by molar-refractivity contribution is 6.28. The number of aromatic carboxylic acids is 1. The van der Waals surface area contributed by atoms with Crippen molar-refractivity contribution in [2.45, 2.75) is 33.2 Å². The number of pyridine rings is 1. The van der Waals surface area contributed by atoms with Crippen LogP contribution in [0.5, 0.6) is 5.75 Å². The lowest BCUT2D eigenvalue weighted by Gasteiger charge is -2.39. The number of halogens is 1. The number of hydrogen-bond acceptors (Lipinski definition) is 5. The third kappa shape index (κ3) is 3.70. The lowest BCUT2D eigenvalue weighted by Crippen LogP contribution is -2.32. The predicted octanol–water partition coefficient (Wildman–Crippen LogP) is 4.48. The van der Waals surface area contributed by atoms with Gasteiger partial charge in [-0.3, -0.25) is 4.79 Å². The van der Waals surface area contributed by atoms with Crippen molar-refractivity contribution in [1.29, 1.82) is 0 Å². The minimum Gasteiger partial charge on any atom is -0.496 e. The summed E-state index contributed by atoms with van der Waals surface area (Å²) in [7, 11) is 1.57. The number of benzene rings is 1. The van der Waals surface area contributed by atoms with E-state index < -0.39 is 11.4 Å². The molecule has 1 aliphatic heterocycles. The first-order valence-corrected chi connectivity index (χ1v) is 10.2. The average molecular weight is 440 g/mol. The largest absolute Gasteiger partial charge is 0.496 e. The van der Waals surface area contributed by atoms with Gasteiger partial charge in [0.2, 0.25) is 5.28 Å². The van der Waals surface area contributed by atoms with Crippen LogP contribution >= 0.6 is 11.6 Å². The molecule has 1 atom stereocenters. The Hall–Kier alpha value is -3.19. The van der Waals surface area contributed by atoms with E-state index in [1.807, 2.05) is 16.7 Å². The maximum absolute atomic E-state index is 12.5. The van der Waals surface area contributed by atoms with E-state index in [4.69, 9.17) is 16.3 Å². The molecule has 1 N–H and O–H groups in total. The van der Waals surface area contributed by atoms with Crippen molar-refractivity contribution < 1.29 is 14.6 Å². The molecule has 3 heterocycles. The smallest absolute Gasteiger partial charge is 0.341 e. The van der Waals surface area contributed by atoms with Gasteiger partial charge in [-0.15, -0.1) is 0 Å². The van der Waals surface area contributed by atoms with E-state index in [0.717, 1.165) is 22.3 Å². The van der Waals surface area contributed by atoms with Crippen LogP contribution in [0.4, 0.5) is 0 Å². The maximum Gasteiger partial charge on any atom is 0.341 e. The van der Waals surface area contributed by atoms with Gasteiger partial charge in [0.05, 0.1) is 12.8 Å². The number of carboxylic acid groups (broad SMARTS) is 1. The lowest BCUT2D eigenvalue weighted by atomic mass is 9.78. The Morgan fingerprint density at radius 1 is 1.19 bits per heavy atom. The number of nitrogens with zero attached hydrogens (tertiary/aromatic N) is 3. The molecule has 4 rings (SSSR count). The van der Waals surface area contributed by atoms with Gasteiger partial charge in [-0.05, 0) is 41.1 Å². The van der Waals surface area contributed by atoms with Gasteiger partial charge in [-0.2, -0.15) is 0 Å². The average Bonchev–Trinajstić information content (AvgIpc) is 2.71. The monoisotopic (exact) mass is 439 g/mol. The van der Waals surface area contributed by atoms with E-state index in [2.05, 4.69) is 30.7 Å². The second-order valence-corrected chi connectivity index (χ2v) is 9.02. The Labute approximate surface area is 184 Å². The molecule has 1 aromatic carbocycles. The highest BCUT2D eigenvalue weighted by atomic mass is 35.5. The number of hydrogen-bond donors (Lipinski definition) is 1. The standard InChI is InChI=1S/C23H22ClN3O4/c1-23(2,3)20-6-12-5-15(13-9-25-22(24)26-10-13)19(31-4)7-14(12)17-8-18(28)16(21(29)30)11-27(17)20/h5,7-11,20H,6H2,1-4H3,(H,29,30). The number of aromatic nitrogens is 3. The molecule has 7 nitrogen and oxygen atoms in total. The van der Waals surface area contributed by atoms with E-state index in [1.165, 1.54) is 12.3 Å². The number of ether oxygens (including phenoxy) is 1. The van der Waals surface area contributed by atoms with Crippen molar-refractivity contribution in [3.8, 4) is 28.1 Å². The summed E-state index contributed by atoms with van der Waals surface area (Å²) in [4.78, 5) is 32.2. The lowest BCUT2D eigenvalue weighted by molar-refractivity contribution is 0.0693. The fourth-order valence-electron chi connectivity index (χ4n) is 4.09. The van der Waals surface area contributed by atoms with Crippen LogP contribution < -0.4 is 10.2 Å². The van der Waals surface area contributed by atoms with Gasteiger partial charge in [-0.1, -0.05) is 20.8 Å². The fraction of sp³-hybridized carbons (Fsp3) is 0.304. The van der Waals surface area contributed by atoms with Gasteiger partial charge in [-0.25, -0.2) is 14.8 Å². The quantitative estimate of drug-likeness (QED) is 0.605. The van der Waals surface area contributed by atoms with E-state index >= 15 is 0 Å². The molecule has 0 saturated carbocycles. The van der Waals surface area contributed by atoms with Crippen LogP contribution in [-0.4, -0.2) is 32.7 Å². The molecule has 1 unspecified atom stereocenters. The van der Waals surface area contributed by atoms with Gasteiger partial charge >= 0.3 is 5.97 Å². The predicted molar refractivity (Wildman–Crippen MR) is 118 cm³/mol. The second-order valence-electron chi connectivity index (χ2n) is 8.69. The summed E-state index contributed by atoms with van der Waals surface area (Å²) in [6.45, 7) is 6.30. The van der Waals surface area contributed by atoms with E-state index in [9.17, 15) is 14.7 Å². The van der Waals surface area contributed by atoms with Crippen LogP contribution in [0.15, 0.2) is 41.6 Å². The van der Waals surface area contributed by atoms with E-state index in [0.29, 0.717) is 17.9 Å². The van der Waals surface area contributed by atoms with Crippen molar-refractivity contribution in [2.75, 3.05) is 7.11 Å². The Bertz CT molecular complexity index is 1240. The van der Waals surface area contributed by atoms with E-state index in [1.54, 1.807) is 19.5 Å². The molecule has 0 spiro atoms. The first-order chi connectivity index (χ1) is 14.6. The normalized spacial score (nSPS) is 15.2. The number of carbonyl (C=O) groups is 1. The molecule has 0 bridgehead atoms. The first-order valence-electron chi connectivity index (χ1n) is 9.79. The second kappa shape index (κ2) is 7.50. The third-order valence-corrected chi connectivity index (χ3v) is 5.89. The van der Waals surface area contributed by atoms with Gasteiger partial charge in [0.25, 0.3) is 0 Å². The molecule has 8 heteroatoms. The number of methoxy groups -OCH3 is 1. The van der Waals surface area contributed by atoms with Crippen molar-refractivity contribution >= 4 is 17.6 Å². The Morgan fingerprint density at radius 2 is 1.87 bits per heavy atom. The summed E-state index contributed by atoms with van der Waals surface area (Å²) in [5.74, 6) is -0.630. The van der Waals surface area contributed by atoms with Crippen LogP contribution in [0.1, 0.15) is 42.7 Å². The van der Waals surface area contributed by atoms with Crippen molar-refractivity contribution in [1.82, 2.24) is 14.5 Å². The number of fused-ring (bicyclic) bond motifs is 3. The van der Waals surface area contributed by atoms with Crippen molar-refractivity contribution in [2.24, 2.45) is 5.41 Å². The van der Waals surface area contributed by atoms with Crippen molar-refractivity contribution in [3.63, 3.8) is 0 Å². The maximum atomic E-state index is 12.5. The molecular weight excluding hydrogens is 418 g/mol. The summed E-state index contributed by atoms with van der Waals surface area (Å²) in [5, 5.41) is 9.62. The highest BCUT2D eigenvalue weighted by Gasteiger charge is 2.34. The summed E-state index contributed by atoms with van der Waals surface area (Å²) in [6, 6.07) is 5.27. The van der Waals surface area contributed by atoms with E-state index in [-0.39, 0.29) is 22.3 Å². The molecule has 2 aromatic heterocycles. The van der Waals surface area contributed by atoms with Gasteiger partial charge < -0.3 is 14.4 Å². The number of carboxylic acids is 1. The van der Waals surface area contributed by atoms with Gasteiger partial charge in [0.1, 0.15) is 11.3 Å². The Morgan fingerprint density at radius 3 is 2.45 bits per heavy atom. The molecule has 1 aliphatic rings. The summed E-state index contributed by atoms with van der Waals surface area (Å²) in [6.07, 6.45) is 5.41. The molecule has 0 saturated heterocycles. The summed E-state index contributed by atoms with van der Waals surface area (Å²) < 4.78 is 7.54. The van der Waals surface area contributed by atoms with Crippen LogP contribution in [-0.2, 0) is 6.42 Å². The highest BCUT2D eigenvalue weighted by Crippen LogP contribution is 2.45. The van der Waals surface area contributed by atoms with Crippen LogP contribution in [0, 0.1) is 5.41 Å². The Balaban J connectivity index is 1.99. The zero-order valence-electron chi connectivity index (χ0n) is 17.6. The fourth-order valence-corrected chi connectivity index (χ4v) is 4.19. The zero-order chi connectivity index (χ0) is 22.5. The molecule has 31 heavy (non-hydrogen) atoms. The van der Waals surface area contributed by atoms with Crippen molar-refractivity contribution in [3.05, 3.63) is 63.4 Å². The van der Waals surface area contributed by atoms with Crippen LogP contribution in [0.3, 0.4) is 0 Å². The molecule has 0 amide bonds. The molecule has 3 aromatic rings. The topological polar surface area (TPSA) is 94.3 Å². The van der Waals surface area contributed by atoms with Gasteiger partial charge in [0.15, 0.2) is 5.43 Å². The van der Waals surface area contributed by atoms with Crippen LogP contribution in [0.2, 0.25) is 5.28 Å². The summed E-state index contributed by atoms with van der Waals surface area (Å²) in [5.41, 5.74) is 3.20.